The van der Waals surface area contributed by atoms with Crippen molar-refractivity contribution in [2.75, 3.05) is 23.4 Å². The van der Waals surface area contributed by atoms with Gasteiger partial charge < -0.3 is 34.9 Å². The first-order chi connectivity index (χ1) is 20.3. The SMILES string of the molecule is C[C@H](O)C(=O)Nc1cccc(CN2C(=O)[C@]3(O[C@H](CC(=O)N4CCC[C@H]4CO)[C@@H]([Si](C)(C)O)[C@@H]3C)c3cc(Cl)ccc32)c1. The summed E-state index contributed by atoms with van der Waals surface area (Å²) < 4.78 is 6.75. The summed E-state index contributed by atoms with van der Waals surface area (Å²) in [6, 6.07) is 12.0. The smallest absolute Gasteiger partial charge is 0.264 e. The molecule has 3 amide bonds. The van der Waals surface area contributed by atoms with E-state index in [1.54, 1.807) is 46.2 Å². The minimum Gasteiger partial charge on any atom is -0.432 e. The van der Waals surface area contributed by atoms with Gasteiger partial charge in [0.15, 0.2) is 13.9 Å². The number of carbonyl (C=O) groups is 3. The molecule has 4 N–H and O–H groups in total. The molecule has 0 aliphatic carbocycles. The number of aliphatic hydroxyl groups is 2. The molecule has 2 aromatic rings. The Labute approximate surface area is 257 Å². The highest BCUT2D eigenvalue weighted by Gasteiger charge is 2.66. The van der Waals surface area contributed by atoms with E-state index in [0.29, 0.717) is 28.5 Å². The first-order valence-electron chi connectivity index (χ1n) is 14.8. The number of fused-ring (bicyclic) bond motifs is 2. The van der Waals surface area contributed by atoms with Gasteiger partial charge in [-0.1, -0.05) is 30.7 Å². The monoisotopic (exact) mass is 629 g/mol. The predicted molar refractivity (Wildman–Crippen MR) is 165 cm³/mol. The van der Waals surface area contributed by atoms with Crippen molar-refractivity contribution in [3.63, 3.8) is 0 Å². The van der Waals surface area contributed by atoms with Crippen molar-refractivity contribution < 1.29 is 34.1 Å². The van der Waals surface area contributed by atoms with Crippen LogP contribution in [-0.4, -0.2) is 77.3 Å². The van der Waals surface area contributed by atoms with Crippen LogP contribution in [0.5, 0.6) is 0 Å². The van der Waals surface area contributed by atoms with Crippen LogP contribution in [-0.2, 0) is 31.3 Å². The fourth-order valence-electron chi connectivity index (χ4n) is 7.23. The molecule has 3 heterocycles. The van der Waals surface area contributed by atoms with E-state index in [-0.39, 0.29) is 37.4 Å². The van der Waals surface area contributed by atoms with Gasteiger partial charge in [-0.3, -0.25) is 14.4 Å². The molecule has 0 radical (unpaired) electrons. The number of anilines is 2. The van der Waals surface area contributed by atoms with E-state index in [4.69, 9.17) is 16.3 Å². The van der Waals surface area contributed by atoms with Crippen molar-refractivity contribution in [2.24, 2.45) is 5.92 Å². The number of hydrogen-bond donors (Lipinski definition) is 4. The number of carbonyl (C=O) groups excluding carboxylic acids is 3. The van der Waals surface area contributed by atoms with Gasteiger partial charge in [0.1, 0.15) is 6.10 Å². The zero-order valence-electron chi connectivity index (χ0n) is 24.9. The van der Waals surface area contributed by atoms with Gasteiger partial charge in [-0.05, 0) is 68.8 Å². The van der Waals surface area contributed by atoms with Crippen molar-refractivity contribution in [2.45, 2.75) is 82.1 Å². The largest absolute Gasteiger partial charge is 0.432 e. The van der Waals surface area contributed by atoms with Crippen molar-refractivity contribution in [1.29, 1.82) is 0 Å². The van der Waals surface area contributed by atoms with Gasteiger partial charge in [-0.2, -0.15) is 0 Å². The van der Waals surface area contributed by atoms with Gasteiger partial charge in [0.05, 0.1) is 37.4 Å². The van der Waals surface area contributed by atoms with Crippen LogP contribution >= 0.6 is 11.6 Å². The minimum atomic E-state index is -2.98. The summed E-state index contributed by atoms with van der Waals surface area (Å²) >= 11 is 6.48. The molecule has 6 atom stereocenters. The predicted octanol–water partition coefficient (Wildman–Crippen LogP) is 3.38. The van der Waals surface area contributed by atoms with Gasteiger partial charge in [0.2, 0.25) is 5.91 Å². The molecule has 1 spiro atoms. The molecule has 2 aromatic carbocycles. The summed E-state index contributed by atoms with van der Waals surface area (Å²) in [5.41, 5.74) is 0.571. The van der Waals surface area contributed by atoms with E-state index < -0.39 is 43.5 Å². The highest BCUT2D eigenvalue weighted by atomic mass is 35.5. The molecule has 2 saturated heterocycles. The fraction of sp³-hybridized carbons (Fsp3) is 0.516. The molecule has 0 bridgehead atoms. The zero-order valence-corrected chi connectivity index (χ0v) is 26.7. The molecule has 3 aliphatic heterocycles. The Balaban J connectivity index is 1.50. The lowest BCUT2D eigenvalue weighted by Crippen LogP contribution is -2.46. The second kappa shape index (κ2) is 11.9. The average Bonchev–Trinajstić information content (AvgIpc) is 3.59. The molecule has 0 unspecified atom stereocenters. The molecule has 2 fully saturated rings. The summed E-state index contributed by atoms with van der Waals surface area (Å²) in [5.74, 6) is -1.46. The van der Waals surface area contributed by atoms with Crippen molar-refractivity contribution in [1.82, 2.24) is 4.90 Å². The maximum Gasteiger partial charge on any atom is 0.264 e. The molecule has 12 heteroatoms. The number of nitrogens with zero attached hydrogens (tertiary/aromatic N) is 2. The van der Waals surface area contributed by atoms with E-state index in [9.17, 15) is 29.4 Å². The van der Waals surface area contributed by atoms with Crippen molar-refractivity contribution in [3.8, 4) is 0 Å². The van der Waals surface area contributed by atoms with Crippen LogP contribution in [0.3, 0.4) is 0 Å². The van der Waals surface area contributed by atoms with Crippen LogP contribution in [0, 0.1) is 5.92 Å². The number of rotatable bonds is 8. The lowest BCUT2D eigenvalue weighted by Gasteiger charge is -2.32. The van der Waals surface area contributed by atoms with Gasteiger partial charge in [-0.25, -0.2) is 0 Å². The molecule has 0 aromatic heterocycles. The van der Waals surface area contributed by atoms with Crippen LogP contribution in [0.2, 0.25) is 23.7 Å². The summed E-state index contributed by atoms with van der Waals surface area (Å²) in [4.78, 5) is 55.0. The molecule has 0 saturated carbocycles. The van der Waals surface area contributed by atoms with Gasteiger partial charge in [0, 0.05) is 34.3 Å². The third kappa shape index (κ3) is 5.74. The number of nitrogens with one attached hydrogen (secondary N) is 1. The molecule has 10 nitrogen and oxygen atoms in total. The number of halogens is 1. The molecule has 232 valence electrons. The lowest BCUT2D eigenvalue weighted by molar-refractivity contribution is -0.150. The van der Waals surface area contributed by atoms with E-state index in [1.165, 1.54) is 6.92 Å². The molecular formula is C31H40ClN3O7Si. The van der Waals surface area contributed by atoms with Crippen LogP contribution < -0.4 is 10.2 Å². The number of ether oxygens (including phenoxy) is 1. The van der Waals surface area contributed by atoms with Gasteiger partial charge in [0.25, 0.3) is 11.8 Å². The minimum absolute atomic E-state index is 0.00154. The second-order valence-corrected chi connectivity index (χ2v) is 17.0. The maximum atomic E-state index is 14.6. The van der Waals surface area contributed by atoms with Crippen LogP contribution in [0.1, 0.15) is 44.2 Å². The summed E-state index contributed by atoms with van der Waals surface area (Å²) in [5, 5.41) is 22.5. The summed E-state index contributed by atoms with van der Waals surface area (Å²) in [6.07, 6.45) is -0.327. The Kier molecular flexibility index (Phi) is 8.78. The number of likely N-dealkylation sites (tertiary alicyclic amines) is 1. The maximum absolute atomic E-state index is 14.6. The van der Waals surface area contributed by atoms with E-state index in [2.05, 4.69) is 5.32 Å². The topological polar surface area (TPSA) is 140 Å². The van der Waals surface area contributed by atoms with Gasteiger partial charge in [-0.15, -0.1) is 0 Å². The number of amides is 3. The molecule has 3 aliphatic rings. The Morgan fingerprint density at radius 1 is 1.23 bits per heavy atom. The number of hydrogen-bond acceptors (Lipinski definition) is 7. The Hall–Kier alpha value is -2.80. The standard InChI is InChI=1S/C31H40ClN3O7Si/c1-18-28(43(3,4)41)26(15-27(38)34-12-6-9-23(34)17-36)42-31(18)24-14-21(32)10-11-25(24)35(30(31)40)16-20-7-5-8-22(13-20)33-29(39)19(2)37/h5,7-8,10-11,13-14,18-19,23,26,28,36-37,41H,6,9,12,15-17H2,1-4H3,(H,33,39)/t18-,19-,23-,26+,28-,31+/m0/s1. The fourth-order valence-corrected chi connectivity index (χ4v) is 9.95. The summed E-state index contributed by atoms with van der Waals surface area (Å²) in [7, 11) is -2.98. The van der Waals surface area contributed by atoms with Crippen molar-refractivity contribution >= 4 is 49.0 Å². The Morgan fingerprint density at radius 3 is 2.65 bits per heavy atom. The highest BCUT2D eigenvalue weighted by Crippen LogP contribution is 2.60. The Bertz CT molecular complexity index is 1420. The van der Waals surface area contributed by atoms with E-state index in [0.717, 1.165) is 18.4 Å². The third-order valence-corrected chi connectivity index (χ3v) is 11.9. The lowest BCUT2D eigenvalue weighted by atomic mass is 9.82. The molecular weight excluding hydrogens is 590 g/mol. The quantitative estimate of drug-likeness (QED) is 0.328. The van der Waals surface area contributed by atoms with E-state index >= 15 is 0 Å². The van der Waals surface area contributed by atoms with Crippen LogP contribution in [0.4, 0.5) is 11.4 Å². The van der Waals surface area contributed by atoms with Crippen LogP contribution in [0.15, 0.2) is 42.5 Å². The first-order valence-corrected chi connectivity index (χ1v) is 18.2. The zero-order chi connectivity index (χ0) is 31.3. The van der Waals surface area contributed by atoms with Crippen molar-refractivity contribution in [3.05, 3.63) is 58.6 Å². The third-order valence-electron chi connectivity index (χ3n) is 9.14. The second-order valence-electron chi connectivity index (χ2n) is 12.5. The van der Waals surface area contributed by atoms with Gasteiger partial charge >= 0.3 is 0 Å². The summed E-state index contributed by atoms with van der Waals surface area (Å²) in [6.45, 7) is 7.53. The Morgan fingerprint density at radius 2 is 1.98 bits per heavy atom. The number of aliphatic hydroxyl groups excluding tert-OH is 2. The molecule has 43 heavy (non-hydrogen) atoms. The first kappa shape index (κ1) is 31.6. The highest BCUT2D eigenvalue weighted by molar-refractivity contribution is 6.71. The number of benzene rings is 2. The van der Waals surface area contributed by atoms with E-state index in [1.807, 2.05) is 26.1 Å². The van der Waals surface area contributed by atoms with Crippen LogP contribution in [0.25, 0.3) is 0 Å². The normalized spacial score (nSPS) is 27.6. The average molecular weight is 630 g/mol. The molecule has 5 rings (SSSR count).